The van der Waals surface area contributed by atoms with Crippen LogP contribution in [-0.4, -0.2) is 34.7 Å². The maximum absolute atomic E-state index is 11.3. The Labute approximate surface area is 199 Å². The van der Waals surface area contributed by atoms with Gasteiger partial charge in [-0.1, -0.05) is 49.4 Å². The third-order valence-electron chi connectivity index (χ3n) is 6.17. The van der Waals surface area contributed by atoms with Crippen molar-refractivity contribution in [2.24, 2.45) is 0 Å². The minimum atomic E-state index is -0.845. The lowest BCUT2D eigenvalue weighted by Crippen LogP contribution is -2.10. The standard InChI is InChI=1S/C28H29N3O3/c1-4-21-20(17-27(32)33)9-7-11-24(21)28-30-15-13-26(31-28)29-14-12-23-18(2)22-10-6-5-8-19(22)16-25(23)34-3/h5-11,13,15-16H,4,12,14,17H2,1-3H3,(H,32,33)(H,29,30,31). The molecule has 0 amide bonds. The van der Waals surface area contributed by atoms with Gasteiger partial charge >= 0.3 is 5.97 Å². The Hall–Kier alpha value is -3.93. The van der Waals surface area contributed by atoms with Crippen LogP contribution in [0.3, 0.4) is 0 Å². The number of nitrogens with one attached hydrogen (secondary N) is 1. The van der Waals surface area contributed by atoms with Crippen LogP contribution in [0.1, 0.15) is 29.2 Å². The number of nitrogens with zero attached hydrogens (tertiary/aromatic N) is 2. The van der Waals surface area contributed by atoms with Gasteiger partial charge in [0, 0.05) is 18.3 Å². The maximum Gasteiger partial charge on any atom is 0.307 e. The van der Waals surface area contributed by atoms with E-state index in [0.29, 0.717) is 18.8 Å². The predicted octanol–water partition coefficient (Wildman–Crippen LogP) is 5.46. The van der Waals surface area contributed by atoms with Crippen molar-refractivity contribution in [2.45, 2.75) is 33.1 Å². The molecule has 0 unspecified atom stereocenters. The van der Waals surface area contributed by atoms with Crippen molar-refractivity contribution in [2.75, 3.05) is 19.0 Å². The molecule has 0 spiro atoms. The van der Waals surface area contributed by atoms with Crippen molar-refractivity contribution in [1.29, 1.82) is 0 Å². The monoisotopic (exact) mass is 455 g/mol. The smallest absolute Gasteiger partial charge is 0.307 e. The normalized spacial score (nSPS) is 10.9. The van der Waals surface area contributed by atoms with Crippen LogP contribution in [0.5, 0.6) is 5.75 Å². The van der Waals surface area contributed by atoms with Gasteiger partial charge < -0.3 is 15.2 Å². The van der Waals surface area contributed by atoms with Crippen LogP contribution in [0.25, 0.3) is 22.2 Å². The first-order valence-electron chi connectivity index (χ1n) is 11.5. The fourth-order valence-electron chi connectivity index (χ4n) is 4.53. The van der Waals surface area contributed by atoms with Gasteiger partial charge in [0.05, 0.1) is 13.5 Å². The van der Waals surface area contributed by atoms with Gasteiger partial charge in [0.2, 0.25) is 0 Å². The molecule has 0 aliphatic carbocycles. The topological polar surface area (TPSA) is 84.3 Å². The molecular formula is C28H29N3O3. The Bertz CT molecular complexity index is 1330. The van der Waals surface area contributed by atoms with Gasteiger partial charge in [0.15, 0.2) is 5.82 Å². The molecule has 34 heavy (non-hydrogen) atoms. The van der Waals surface area contributed by atoms with E-state index in [1.807, 2.05) is 37.3 Å². The summed E-state index contributed by atoms with van der Waals surface area (Å²) in [5.74, 6) is 1.37. The van der Waals surface area contributed by atoms with Gasteiger partial charge in [-0.25, -0.2) is 9.97 Å². The molecule has 0 radical (unpaired) electrons. The number of ether oxygens (including phenoxy) is 1. The van der Waals surface area contributed by atoms with Crippen molar-refractivity contribution in [3.05, 3.63) is 83.0 Å². The zero-order chi connectivity index (χ0) is 24.1. The van der Waals surface area contributed by atoms with Gasteiger partial charge in [-0.2, -0.15) is 0 Å². The van der Waals surface area contributed by atoms with Crippen molar-refractivity contribution in [3.63, 3.8) is 0 Å². The molecule has 0 saturated carbocycles. The molecule has 3 aromatic carbocycles. The number of rotatable bonds is 9. The third kappa shape index (κ3) is 4.86. The molecule has 6 nitrogen and oxygen atoms in total. The molecule has 1 heterocycles. The number of carbonyl (C=O) groups is 1. The summed E-state index contributed by atoms with van der Waals surface area (Å²) < 4.78 is 5.68. The van der Waals surface area contributed by atoms with Crippen LogP contribution in [0, 0.1) is 6.92 Å². The number of carboxylic acids is 1. The Morgan fingerprint density at radius 1 is 1.09 bits per heavy atom. The number of anilines is 1. The quantitative estimate of drug-likeness (QED) is 0.349. The second-order valence-electron chi connectivity index (χ2n) is 8.21. The fraction of sp³-hybridized carbons (Fsp3) is 0.250. The average molecular weight is 456 g/mol. The van der Waals surface area contributed by atoms with Crippen LogP contribution in [-0.2, 0) is 24.1 Å². The van der Waals surface area contributed by atoms with Crippen LogP contribution >= 0.6 is 0 Å². The molecule has 4 rings (SSSR count). The fourth-order valence-corrected chi connectivity index (χ4v) is 4.53. The molecule has 0 aliphatic heterocycles. The van der Waals surface area contributed by atoms with E-state index in [1.165, 1.54) is 21.9 Å². The zero-order valence-corrected chi connectivity index (χ0v) is 19.8. The predicted molar refractivity (Wildman–Crippen MR) is 136 cm³/mol. The molecule has 0 fully saturated rings. The highest BCUT2D eigenvalue weighted by molar-refractivity contribution is 5.88. The lowest BCUT2D eigenvalue weighted by atomic mass is 9.96. The van der Waals surface area contributed by atoms with E-state index < -0.39 is 5.97 Å². The Morgan fingerprint density at radius 2 is 1.91 bits per heavy atom. The van der Waals surface area contributed by atoms with Crippen molar-refractivity contribution in [3.8, 4) is 17.1 Å². The number of carboxylic acid groups (broad SMARTS) is 1. The van der Waals surface area contributed by atoms with Gasteiger partial charge in [-0.05, 0) is 64.9 Å². The number of aromatic nitrogens is 2. The number of aliphatic carboxylic acids is 1. The highest BCUT2D eigenvalue weighted by Crippen LogP contribution is 2.31. The SMILES string of the molecule is CCc1c(CC(=O)O)cccc1-c1nccc(NCCc2c(OC)cc3ccccc3c2C)n1. The van der Waals surface area contributed by atoms with Gasteiger partial charge in [-0.15, -0.1) is 0 Å². The molecule has 0 atom stereocenters. The van der Waals surface area contributed by atoms with E-state index in [0.717, 1.165) is 34.7 Å². The Balaban J connectivity index is 1.55. The Kier molecular flexibility index (Phi) is 7.07. The largest absolute Gasteiger partial charge is 0.496 e. The van der Waals surface area contributed by atoms with E-state index in [1.54, 1.807) is 13.3 Å². The first-order chi connectivity index (χ1) is 16.5. The summed E-state index contributed by atoms with van der Waals surface area (Å²) in [5, 5.41) is 15.1. The van der Waals surface area contributed by atoms with Crippen molar-refractivity contribution in [1.82, 2.24) is 9.97 Å². The van der Waals surface area contributed by atoms with E-state index in [9.17, 15) is 9.90 Å². The lowest BCUT2D eigenvalue weighted by Gasteiger charge is -2.16. The summed E-state index contributed by atoms with van der Waals surface area (Å²) in [6, 6.07) is 18.0. The number of hydrogen-bond acceptors (Lipinski definition) is 5. The number of hydrogen-bond donors (Lipinski definition) is 2. The molecule has 4 aromatic rings. The molecule has 0 aliphatic rings. The molecule has 0 bridgehead atoms. The lowest BCUT2D eigenvalue weighted by molar-refractivity contribution is -0.136. The summed E-state index contributed by atoms with van der Waals surface area (Å²) in [7, 11) is 1.71. The van der Waals surface area contributed by atoms with E-state index in [-0.39, 0.29) is 6.42 Å². The van der Waals surface area contributed by atoms with Crippen LogP contribution in [0.4, 0.5) is 5.82 Å². The first kappa shape index (κ1) is 23.2. The Morgan fingerprint density at radius 3 is 2.68 bits per heavy atom. The van der Waals surface area contributed by atoms with E-state index in [2.05, 4.69) is 41.5 Å². The molecule has 174 valence electrons. The first-order valence-corrected chi connectivity index (χ1v) is 11.5. The molecule has 2 N–H and O–H groups in total. The number of methoxy groups -OCH3 is 1. The second kappa shape index (κ2) is 10.3. The minimum absolute atomic E-state index is 0.0120. The molecule has 6 heteroatoms. The number of aryl methyl sites for hydroxylation is 1. The van der Waals surface area contributed by atoms with Crippen molar-refractivity contribution >= 4 is 22.6 Å². The van der Waals surface area contributed by atoms with E-state index in [4.69, 9.17) is 9.72 Å². The highest BCUT2D eigenvalue weighted by atomic mass is 16.5. The average Bonchev–Trinajstić information content (AvgIpc) is 2.85. The summed E-state index contributed by atoms with van der Waals surface area (Å²) >= 11 is 0. The summed E-state index contributed by atoms with van der Waals surface area (Å²) in [6.45, 7) is 4.84. The van der Waals surface area contributed by atoms with Gasteiger partial charge in [0.25, 0.3) is 0 Å². The van der Waals surface area contributed by atoms with Gasteiger partial charge in [0.1, 0.15) is 11.6 Å². The maximum atomic E-state index is 11.3. The van der Waals surface area contributed by atoms with Crippen LogP contribution < -0.4 is 10.1 Å². The number of fused-ring (bicyclic) bond motifs is 1. The summed E-state index contributed by atoms with van der Waals surface area (Å²) in [4.78, 5) is 20.4. The van der Waals surface area contributed by atoms with Crippen LogP contribution in [0.15, 0.2) is 60.8 Å². The summed E-state index contributed by atoms with van der Waals surface area (Å²) in [6.07, 6.45) is 3.21. The second-order valence-corrected chi connectivity index (χ2v) is 8.21. The molecule has 0 saturated heterocycles. The van der Waals surface area contributed by atoms with Crippen molar-refractivity contribution < 1.29 is 14.6 Å². The highest BCUT2D eigenvalue weighted by Gasteiger charge is 2.14. The summed E-state index contributed by atoms with van der Waals surface area (Å²) in [5.41, 5.74) is 5.05. The zero-order valence-electron chi connectivity index (χ0n) is 19.8. The van der Waals surface area contributed by atoms with Crippen LogP contribution in [0.2, 0.25) is 0 Å². The number of benzene rings is 3. The van der Waals surface area contributed by atoms with E-state index >= 15 is 0 Å². The third-order valence-corrected chi connectivity index (χ3v) is 6.17. The minimum Gasteiger partial charge on any atom is -0.496 e. The van der Waals surface area contributed by atoms with Gasteiger partial charge in [-0.3, -0.25) is 4.79 Å². The molecular weight excluding hydrogens is 426 g/mol. The molecule has 1 aromatic heterocycles.